The number of fused-ring (bicyclic) bond motifs is 1. The summed E-state index contributed by atoms with van der Waals surface area (Å²) in [4.78, 5) is 12.3. The summed E-state index contributed by atoms with van der Waals surface area (Å²) in [5.41, 5.74) is 1.58. The lowest BCUT2D eigenvalue weighted by atomic mass is 9.93. The molecule has 0 aromatic heterocycles. The van der Waals surface area contributed by atoms with Crippen LogP contribution in [-0.2, 0) is 4.79 Å². The number of hydrazine groups is 1. The Hall–Kier alpha value is -2.28. The van der Waals surface area contributed by atoms with Crippen molar-refractivity contribution >= 4 is 16.7 Å². The van der Waals surface area contributed by atoms with Crippen LogP contribution in [0.15, 0.2) is 36.4 Å². The Morgan fingerprint density at radius 1 is 1.00 bits per heavy atom. The van der Waals surface area contributed by atoms with Crippen LogP contribution >= 0.6 is 0 Å². The molecule has 3 rings (SSSR count). The van der Waals surface area contributed by atoms with E-state index in [2.05, 4.69) is 12.3 Å². The van der Waals surface area contributed by atoms with E-state index in [-0.39, 0.29) is 17.9 Å². The van der Waals surface area contributed by atoms with Gasteiger partial charge < -0.3 is 4.74 Å². The topological polar surface area (TPSA) is 41.6 Å². The number of amides is 1. The lowest BCUT2D eigenvalue weighted by molar-refractivity contribution is -0.192. The number of carbonyl (C=O) groups is 1. The van der Waals surface area contributed by atoms with Gasteiger partial charge in [0.25, 0.3) is 0 Å². The Kier molecular flexibility index (Phi) is 8.85. The highest BCUT2D eigenvalue weighted by atomic mass is 19.4. The molecule has 1 aliphatic heterocycles. The van der Waals surface area contributed by atoms with E-state index >= 15 is 0 Å². The maximum Gasteiger partial charge on any atom is 0.410 e. The molecule has 1 fully saturated rings. The average Bonchev–Trinajstić information content (AvgIpc) is 3.04. The molecule has 2 aromatic rings. The number of nitrogens with one attached hydrogen (secondary N) is 1. The van der Waals surface area contributed by atoms with Crippen molar-refractivity contribution in [2.45, 2.75) is 84.4 Å². The average molecular weight is 479 g/mol. The van der Waals surface area contributed by atoms with Crippen LogP contribution in [0.2, 0.25) is 0 Å². The van der Waals surface area contributed by atoms with Gasteiger partial charge in [0.2, 0.25) is 5.91 Å². The molecule has 1 unspecified atom stereocenters. The second-order valence-electron chi connectivity index (χ2n) is 9.93. The number of ether oxygens (including phenoxy) is 1. The fourth-order valence-corrected chi connectivity index (χ4v) is 4.54. The Bertz CT molecular complexity index is 959. The van der Waals surface area contributed by atoms with Gasteiger partial charge in [-0.05, 0) is 25.7 Å². The molecule has 0 aliphatic carbocycles. The SMILES string of the molecule is CCCCCCCCCCOc1c(C(N2CC(C)(C)C(=O)N2)C(F)(F)F)ccc2ccccc12. The predicted octanol–water partition coefficient (Wildman–Crippen LogP) is 7.34. The number of benzene rings is 2. The standard InChI is InChI=1S/C27H37F3N2O2/c1-4-5-6-7-8-9-10-13-18-34-23-21-15-12-11-14-20(21)16-17-22(23)24(27(28,29)30)32-19-26(2,3)25(33)31-32/h11-12,14-17,24H,4-10,13,18-19H2,1-3H3,(H,31,33). The second-order valence-corrected chi connectivity index (χ2v) is 9.93. The minimum Gasteiger partial charge on any atom is -0.493 e. The quantitative estimate of drug-likeness (QED) is 0.325. The number of unbranched alkanes of at least 4 members (excludes halogenated alkanes) is 7. The van der Waals surface area contributed by atoms with Crippen LogP contribution in [0.25, 0.3) is 10.8 Å². The first-order chi connectivity index (χ1) is 16.1. The van der Waals surface area contributed by atoms with Crippen molar-refractivity contribution in [3.8, 4) is 5.75 Å². The van der Waals surface area contributed by atoms with Crippen LogP contribution in [0.1, 0.15) is 83.7 Å². The summed E-state index contributed by atoms with van der Waals surface area (Å²) in [6, 6.07) is 8.51. The van der Waals surface area contributed by atoms with Gasteiger partial charge in [0.1, 0.15) is 5.75 Å². The van der Waals surface area contributed by atoms with Crippen LogP contribution in [0.5, 0.6) is 5.75 Å². The highest BCUT2D eigenvalue weighted by molar-refractivity contribution is 5.90. The minimum atomic E-state index is -4.59. The molecule has 0 spiro atoms. The van der Waals surface area contributed by atoms with Crippen LogP contribution in [0.4, 0.5) is 13.2 Å². The van der Waals surface area contributed by atoms with E-state index in [0.29, 0.717) is 12.0 Å². The van der Waals surface area contributed by atoms with Crippen LogP contribution < -0.4 is 10.2 Å². The van der Waals surface area contributed by atoms with Gasteiger partial charge in [-0.25, -0.2) is 5.01 Å². The maximum atomic E-state index is 14.4. The van der Waals surface area contributed by atoms with Crippen molar-refractivity contribution in [1.82, 2.24) is 10.4 Å². The number of nitrogens with zero attached hydrogens (tertiary/aromatic N) is 1. The summed E-state index contributed by atoms with van der Waals surface area (Å²) in [5.74, 6) is -0.161. The van der Waals surface area contributed by atoms with Gasteiger partial charge in [-0.1, -0.05) is 88.3 Å². The molecule has 4 nitrogen and oxygen atoms in total. The molecule has 2 aromatic carbocycles. The van der Waals surface area contributed by atoms with Gasteiger partial charge >= 0.3 is 6.18 Å². The normalized spacial score (nSPS) is 17.2. The lowest BCUT2D eigenvalue weighted by Crippen LogP contribution is -2.43. The number of rotatable bonds is 12. The number of halogens is 3. The van der Waals surface area contributed by atoms with E-state index in [1.807, 2.05) is 12.1 Å². The highest BCUT2D eigenvalue weighted by Gasteiger charge is 2.52. The summed E-state index contributed by atoms with van der Waals surface area (Å²) in [7, 11) is 0. The molecule has 34 heavy (non-hydrogen) atoms. The second kappa shape index (κ2) is 11.4. The Balaban J connectivity index is 1.80. The van der Waals surface area contributed by atoms with Gasteiger partial charge in [0.05, 0.1) is 12.0 Å². The van der Waals surface area contributed by atoms with E-state index in [4.69, 9.17) is 4.74 Å². The zero-order valence-electron chi connectivity index (χ0n) is 20.5. The summed E-state index contributed by atoms with van der Waals surface area (Å²) in [5, 5.41) is 2.48. The molecule has 188 valence electrons. The van der Waals surface area contributed by atoms with Crippen LogP contribution in [0.3, 0.4) is 0 Å². The first-order valence-corrected chi connectivity index (χ1v) is 12.4. The van der Waals surface area contributed by atoms with Gasteiger partial charge in [0, 0.05) is 17.5 Å². The molecular formula is C27H37F3N2O2. The van der Waals surface area contributed by atoms with Crippen molar-refractivity contribution in [3.63, 3.8) is 0 Å². The third-order valence-corrected chi connectivity index (χ3v) is 6.50. The van der Waals surface area contributed by atoms with Gasteiger partial charge in [-0.2, -0.15) is 13.2 Å². The smallest absolute Gasteiger partial charge is 0.410 e. The van der Waals surface area contributed by atoms with E-state index in [9.17, 15) is 18.0 Å². The molecule has 0 saturated carbocycles. The van der Waals surface area contributed by atoms with E-state index in [1.54, 1.807) is 32.0 Å². The number of hydrogen-bond donors (Lipinski definition) is 1. The van der Waals surface area contributed by atoms with Crippen molar-refractivity contribution in [2.75, 3.05) is 13.2 Å². The summed E-state index contributed by atoms with van der Waals surface area (Å²) >= 11 is 0. The van der Waals surface area contributed by atoms with E-state index in [0.717, 1.165) is 29.7 Å². The first kappa shape index (κ1) is 26.3. The predicted molar refractivity (Wildman–Crippen MR) is 129 cm³/mol. The Labute approximate surface area is 200 Å². The Morgan fingerprint density at radius 2 is 1.65 bits per heavy atom. The summed E-state index contributed by atoms with van der Waals surface area (Å²) < 4.78 is 49.2. The van der Waals surface area contributed by atoms with Crippen LogP contribution in [-0.4, -0.2) is 30.2 Å². The molecule has 1 aliphatic rings. The molecule has 7 heteroatoms. The largest absolute Gasteiger partial charge is 0.493 e. The molecule has 1 heterocycles. The third-order valence-electron chi connectivity index (χ3n) is 6.50. The fraction of sp³-hybridized carbons (Fsp3) is 0.593. The molecular weight excluding hydrogens is 441 g/mol. The van der Waals surface area contributed by atoms with Crippen molar-refractivity contribution in [3.05, 3.63) is 42.0 Å². The lowest BCUT2D eigenvalue weighted by Gasteiger charge is -2.31. The zero-order valence-corrected chi connectivity index (χ0v) is 20.5. The molecule has 1 N–H and O–H groups in total. The minimum absolute atomic E-state index is 0.0313. The number of hydrogen-bond acceptors (Lipinski definition) is 3. The van der Waals surface area contributed by atoms with E-state index in [1.165, 1.54) is 38.2 Å². The molecule has 1 amide bonds. The number of alkyl halides is 3. The molecule has 0 radical (unpaired) electrons. The third kappa shape index (κ3) is 6.44. The monoisotopic (exact) mass is 478 g/mol. The van der Waals surface area contributed by atoms with E-state index < -0.39 is 23.5 Å². The molecule has 0 bridgehead atoms. The van der Waals surface area contributed by atoms with Gasteiger partial charge in [0.15, 0.2) is 6.04 Å². The fourth-order valence-electron chi connectivity index (χ4n) is 4.54. The maximum absolute atomic E-state index is 14.4. The van der Waals surface area contributed by atoms with Gasteiger partial charge in [-0.15, -0.1) is 0 Å². The summed E-state index contributed by atoms with van der Waals surface area (Å²) in [6.45, 7) is 5.81. The summed E-state index contributed by atoms with van der Waals surface area (Å²) in [6.07, 6.45) is 4.46. The Morgan fingerprint density at radius 3 is 2.26 bits per heavy atom. The van der Waals surface area contributed by atoms with Crippen molar-refractivity contribution in [1.29, 1.82) is 0 Å². The highest BCUT2D eigenvalue weighted by Crippen LogP contribution is 2.45. The van der Waals surface area contributed by atoms with Crippen LogP contribution in [0, 0.1) is 5.41 Å². The van der Waals surface area contributed by atoms with Crippen molar-refractivity contribution in [2.24, 2.45) is 5.41 Å². The molecule has 1 saturated heterocycles. The van der Waals surface area contributed by atoms with Gasteiger partial charge in [-0.3, -0.25) is 10.2 Å². The van der Waals surface area contributed by atoms with Crippen molar-refractivity contribution < 1.29 is 22.7 Å². The molecule has 1 atom stereocenters. The first-order valence-electron chi connectivity index (χ1n) is 12.4. The zero-order chi connectivity index (χ0) is 24.8. The number of carbonyl (C=O) groups excluding carboxylic acids is 1.